The Balaban J connectivity index is 1.91. The summed E-state index contributed by atoms with van der Waals surface area (Å²) in [6.07, 6.45) is 1.83. The number of pyridine rings is 1. The van der Waals surface area contributed by atoms with E-state index in [1.807, 2.05) is 18.2 Å². The molecule has 1 unspecified atom stereocenters. The highest BCUT2D eigenvalue weighted by Gasteiger charge is 2.20. The number of rotatable bonds is 5. The minimum atomic E-state index is -0.156. The number of aromatic nitrogens is 1. The van der Waals surface area contributed by atoms with Gasteiger partial charge in [-0.15, -0.1) is 0 Å². The van der Waals surface area contributed by atoms with Gasteiger partial charge in [0.2, 0.25) is 0 Å². The fraction of sp³-hybridized carbons (Fsp3) is 0.615. The molecule has 0 bridgehead atoms. The van der Waals surface area contributed by atoms with E-state index in [0.29, 0.717) is 0 Å². The number of nitrogens with zero attached hydrogens (tertiary/aromatic N) is 2. The molecule has 0 spiro atoms. The summed E-state index contributed by atoms with van der Waals surface area (Å²) in [5, 5.41) is 12.8. The van der Waals surface area contributed by atoms with Gasteiger partial charge in [-0.1, -0.05) is 13.0 Å². The number of aliphatic hydroxyl groups is 1. The van der Waals surface area contributed by atoms with E-state index in [1.54, 1.807) is 0 Å². The standard InChI is InChI=1S/C13H21N3O/c1-2-7-14-13-5-3-4-11(15-13)9-16-8-6-12(17)10-16/h3-5,12,17H,2,6-10H2,1H3,(H,14,15). The number of hydrogen-bond acceptors (Lipinski definition) is 4. The van der Waals surface area contributed by atoms with Crippen molar-refractivity contribution in [2.45, 2.75) is 32.4 Å². The van der Waals surface area contributed by atoms with Gasteiger partial charge in [0.1, 0.15) is 5.82 Å². The maximum absolute atomic E-state index is 9.47. The summed E-state index contributed by atoms with van der Waals surface area (Å²) < 4.78 is 0. The molecular weight excluding hydrogens is 214 g/mol. The average Bonchev–Trinajstić information content (AvgIpc) is 2.73. The van der Waals surface area contributed by atoms with Crippen LogP contribution in [0.3, 0.4) is 0 Å². The van der Waals surface area contributed by atoms with Crippen molar-refractivity contribution in [1.29, 1.82) is 0 Å². The molecule has 4 heteroatoms. The number of hydrogen-bond donors (Lipinski definition) is 2. The first kappa shape index (κ1) is 12.3. The van der Waals surface area contributed by atoms with Crippen LogP contribution in [0.15, 0.2) is 18.2 Å². The molecule has 1 aromatic heterocycles. The first-order chi connectivity index (χ1) is 8.28. The van der Waals surface area contributed by atoms with Crippen LogP contribution in [-0.4, -0.2) is 40.7 Å². The van der Waals surface area contributed by atoms with Crippen molar-refractivity contribution in [1.82, 2.24) is 9.88 Å². The molecule has 0 amide bonds. The van der Waals surface area contributed by atoms with Crippen LogP contribution in [0.4, 0.5) is 5.82 Å². The van der Waals surface area contributed by atoms with Gasteiger partial charge in [-0.05, 0) is 25.0 Å². The van der Waals surface area contributed by atoms with Crippen molar-refractivity contribution in [3.8, 4) is 0 Å². The summed E-state index contributed by atoms with van der Waals surface area (Å²) in [7, 11) is 0. The predicted octanol–water partition coefficient (Wildman–Crippen LogP) is 1.47. The van der Waals surface area contributed by atoms with Crippen molar-refractivity contribution in [3.63, 3.8) is 0 Å². The van der Waals surface area contributed by atoms with E-state index in [4.69, 9.17) is 0 Å². The summed E-state index contributed by atoms with van der Waals surface area (Å²) in [5.41, 5.74) is 1.07. The zero-order valence-corrected chi connectivity index (χ0v) is 10.4. The van der Waals surface area contributed by atoms with Gasteiger partial charge in [0.25, 0.3) is 0 Å². The van der Waals surface area contributed by atoms with Gasteiger partial charge in [0.05, 0.1) is 11.8 Å². The first-order valence-corrected chi connectivity index (χ1v) is 6.38. The van der Waals surface area contributed by atoms with Crippen molar-refractivity contribution < 1.29 is 5.11 Å². The third kappa shape index (κ3) is 3.68. The minimum Gasteiger partial charge on any atom is -0.392 e. The van der Waals surface area contributed by atoms with E-state index in [9.17, 15) is 5.11 Å². The summed E-state index contributed by atoms with van der Waals surface area (Å²) in [4.78, 5) is 6.81. The lowest BCUT2D eigenvalue weighted by atomic mass is 10.3. The van der Waals surface area contributed by atoms with E-state index < -0.39 is 0 Å². The van der Waals surface area contributed by atoms with Crippen LogP contribution in [0.1, 0.15) is 25.5 Å². The summed E-state index contributed by atoms with van der Waals surface area (Å²) >= 11 is 0. The second-order valence-corrected chi connectivity index (χ2v) is 4.62. The third-order valence-electron chi connectivity index (χ3n) is 3.00. The molecule has 1 aliphatic rings. The Morgan fingerprint density at radius 2 is 2.41 bits per heavy atom. The number of aliphatic hydroxyl groups excluding tert-OH is 1. The smallest absolute Gasteiger partial charge is 0.126 e. The number of nitrogens with one attached hydrogen (secondary N) is 1. The molecular formula is C13H21N3O. The highest BCUT2D eigenvalue weighted by atomic mass is 16.3. The molecule has 17 heavy (non-hydrogen) atoms. The third-order valence-corrected chi connectivity index (χ3v) is 3.00. The quantitative estimate of drug-likeness (QED) is 0.811. The number of β-amino-alcohol motifs (C(OH)–C–C–N with tert-alkyl or cyclic N) is 1. The number of anilines is 1. The van der Waals surface area contributed by atoms with E-state index in [2.05, 4.69) is 22.1 Å². The van der Waals surface area contributed by atoms with Crippen LogP contribution in [-0.2, 0) is 6.54 Å². The maximum atomic E-state index is 9.47. The largest absolute Gasteiger partial charge is 0.392 e. The molecule has 2 heterocycles. The Labute approximate surface area is 103 Å². The van der Waals surface area contributed by atoms with Gasteiger partial charge in [0.15, 0.2) is 0 Å². The van der Waals surface area contributed by atoms with Gasteiger partial charge >= 0.3 is 0 Å². The highest BCUT2D eigenvalue weighted by Crippen LogP contribution is 2.13. The Hall–Kier alpha value is -1.13. The zero-order valence-electron chi connectivity index (χ0n) is 10.4. The maximum Gasteiger partial charge on any atom is 0.126 e. The highest BCUT2D eigenvalue weighted by molar-refractivity contribution is 5.35. The molecule has 1 aromatic rings. The predicted molar refractivity (Wildman–Crippen MR) is 68.9 cm³/mol. The first-order valence-electron chi connectivity index (χ1n) is 6.38. The fourth-order valence-corrected chi connectivity index (χ4v) is 2.10. The van der Waals surface area contributed by atoms with Crippen LogP contribution in [0.25, 0.3) is 0 Å². The number of likely N-dealkylation sites (tertiary alicyclic amines) is 1. The van der Waals surface area contributed by atoms with Crippen LogP contribution in [0, 0.1) is 0 Å². The molecule has 1 fully saturated rings. The van der Waals surface area contributed by atoms with Gasteiger partial charge in [-0.3, -0.25) is 4.90 Å². The molecule has 4 nitrogen and oxygen atoms in total. The lowest BCUT2D eigenvalue weighted by Crippen LogP contribution is -2.22. The molecule has 94 valence electrons. The fourth-order valence-electron chi connectivity index (χ4n) is 2.10. The second kappa shape index (κ2) is 5.98. The van der Waals surface area contributed by atoms with Crippen LogP contribution < -0.4 is 5.32 Å². The molecule has 0 aromatic carbocycles. The van der Waals surface area contributed by atoms with E-state index in [-0.39, 0.29) is 6.10 Å². The SMILES string of the molecule is CCCNc1cccc(CN2CCC(O)C2)n1. The van der Waals surface area contributed by atoms with Gasteiger partial charge in [-0.2, -0.15) is 0 Å². The van der Waals surface area contributed by atoms with Crippen LogP contribution in [0.5, 0.6) is 0 Å². The van der Waals surface area contributed by atoms with Crippen LogP contribution in [0.2, 0.25) is 0 Å². The molecule has 1 atom stereocenters. The second-order valence-electron chi connectivity index (χ2n) is 4.62. The van der Waals surface area contributed by atoms with Crippen LogP contribution >= 0.6 is 0 Å². The Morgan fingerprint density at radius 3 is 3.12 bits per heavy atom. The monoisotopic (exact) mass is 235 g/mol. The average molecular weight is 235 g/mol. The Kier molecular flexibility index (Phi) is 4.34. The molecule has 1 aliphatic heterocycles. The lowest BCUT2D eigenvalue weighted by molar-refractivity contribution is 0.174. The van der Waals surface area contributed by atoms with Crippen molar-refractivity contribution in [2.75, 3.05) is 25.0 Å². The van der Waals surface area contributed by atoms with E-state index in [0.717, 1.165) is 50.5 Å². The Bertz CT molecular complexity index is 356. The van der Waals surface area contributed by atoms with Crippen molar-refractivity contribution in [2.24, 2.45) is 0 Å². The molecule has 2 rings (SSSR count). The van der Waals surface area contributed by atoms with E-state index in [1.165, 1.54) is 0 Å². The van der Waals surface area contributed by atoms with Crippen molar-refractivity contribution >= 4 is 5.82 Å². The molecule has 1 saturated heterocycles. The zero-order chi connectivity index (χ0) is 12.1. The summed E-state index contributed by atoms with van der Waals surface area (Å²) in [6, 6.07) is 6.08. The topological polar surface area (TPSA) is 48.4 Å². The van der Waals surface area contributed by atoms with Gasteiger partial charge in [-0.25, -0.2) is 4.98 Å². The lowest BCUT2D eigenvalue weighted by Gasteiger charge is -2.14. The summed E-state index contributed by atoms with van der Waals surface area (Å²) in [5.74, 6) is 0.948. The molecule has 0 radical (unpaired) electrons. The van der Waals surface area contributed by atoms with Gasteiger partial charge < -0.3 is 10.4 Å². The Morgan fingerprint density at radius 1 is 1.53 bits per heavy atom. The van der Waals surface area contributed by atoms with Crippen molar-refractivity contribution in [3.05, 3.63) is 23.9 Å². The normalized spacial score (nSPS) is 20.7. The van der Waals surface area contributed by atoms with Gasteiger partial charge in [0, 0.05) is 26.2 Å². The molecule has 0 saturated carbocycles. The summed E-state index contributed by atoms with van der Waals surface area (Å²) in [6.45, 7) is 5.67. The molecule has 2 N–H and O–H groups in total. The minimum absolute atomic E-state index is 0.156. The molecule has 0 aliphatic carbocycles. The van der Waals surface area contributed by atoms with E-state index >= 15 is 0 Å².